The van der Waals surface area contributed by atoms with Crippen molar-refractivity contribution < 1.29 is 4.79 Å². The van der Waals surface area contributed by atoms with Crippen molar-refractivity contribution in [3.8, 4) is 0 Å². The molecular formula is C19H23N5O4. The zero-order valence-electron chi connectivity index (χ0n) is 15.9. The lowest BCUT2D eigenvalue weighted by Crippen LogP contribution is -2.49. The molecule has 28 heavy (non-hydrogen) atoms. The minimum atomic E-state index is -0.667. The number of ketones is 1. The van der Waals surface area contributed by atoms with E-state index in [4.69, 9.17) is 5.73 Å². The zero-order valence-corrected chi connectivity index (χ0v) is 15.9. The Morgan fingerprint density at radius 2 is 1.86 bits per heavy atom. The van der Waals surface area contributed by atoms with Crippen LogP contribution in [0.3, 0.4) is 0 Å². The van der Waals surface area contributed by atoms with E-state index in [0.29, 0.717) is 19.6 Å². The molecule has 2 aliphatic heterocycles. The van der Waals surface area contributed by atoms with Crippen LogP contribution in [0.5, 0.6) is 0 Å². The van der Waals surface area contributed by atoms with Gasteiger partial charge < -0.3 is 10.3 Å². The molecule has 0 aliphatic carbocycles. The molecule has 4 heterocycles. The number of nitrogens with two attached hydrogens (primary N) is 1. The Morgan fingerprint density at radius 3 is 2.61 bits per heavy atom. The Kier molecular flexibility index (Phi) is 4.34. The zero-order chi connectivity index (χ0) is 20.2. The van der Waals surface area contributed by atoms with Crippen molar-refractivity contribution in [3.63, 3.8) is 0 Å². The van der Waals surface area contributed by atoms with E-state index in [2.05, 4.69) is 0 Å². The molecule has 0 aromatic carbocycles. The highest BCUT2D eigenvalue weighted by atomic mass is 16.2. The number of pyridine rings is 1. The lowest BCUT2D eigenvalue weighted by Gasteiger charge is -2.42. The van der Waals surface area contributed by atoms with E-state index in [9.17, 15) is 19.2 Å². The number of carbonyl (C=O) groups excluding carboxylic acids is 1. The van der Waals surface area contributed by atoms with Gasteiger partial charge in [0.15, 0.2) is 5.78 Å². The molecule has 2 N–H and O–H groups in total. The van der Waals surface area contributed by atoms with Gasteiger partial charge in [-0.15, -0.1) is 0 Å². The third-order valence-corrected chi connectivity index (χ3v) is 5.91. The maximum Gasteiger partial charge on any atom is 0.332 e. The predicted octanol–water partition coefficient (Wildman–Crippen LogP) is -0.870. The number of aromatic nitrogens is 3. The molecule has 2 aliphatic rings. The van der Waals surface area contributed by atoms with Gasteiger partial charge in [-0.25, -0.2) is 4.79 Å². The topological polar surface area (TPSA) is 112 Å². The summed E-state index contributed by atoms with van der Waals surface area (Å²) in [6.07, 6.45) is 0.984. The van der Waals surface area contributed by atoms with Crippen LogP contribution < -0.4 is 22.5 Å². The van der Waals surface area contributed by atoms with Gasteiger partial charge in [0.1, 0.15) is 11.4 Å². The molecule has 0 amide bonds. The van der Waals surface area contributed by atoms with Gasteiger partial charge in [-0.05, 0) is 18.4 Å². The highest BCUT2D eigenvalue weighted by Gasteiger charge is 2.35. The molecule has 9 nitrogen and oxygen atoms in total. The standard InChI is InChI=1S/C19H23N5O4/c1-21-17(20)16(18(27)22(2)19(21)28)14(25)10-23-7-11-6-12(9-23)13-4-3-5-15(26)24(13)8-11/h3-5,11-12H,6-10,20H2,1-2H3. The SMILES string of the molecule is Cn1c(N)c(C(=O)CN2CC3CC(C2)c2cccc(=O)n2C3)c(=O)n(C)c1=O. The molecule has 148 valence electrons. The fraction of sp³-hybridized carbons (Fsp3) is 0.474. The quantitative estimate of drug-likeness (QED) is 0.688. The summed E-state index contributed by atoms with van der Waals surface area (Å²) in [5.74, 6) is -0.0414. The van der Waals surface area contributed by atoms with Crippen molar-refractivity contribution in [2.75, 3.05) is 25.4 Å². The van der Waals surface area contributed by atoms with Crippen LogP contribution in [0.4, 0.5) is 5.82 Å². The van der Waals surface area contributed by atoms with Crippen molar-refractivity contribution in [1.29, 1.82) is 0 Å². The number of Topliss-reactive ketones (excluding diaryl/α,β-unsaturated/α-hetero) is 1. The third kappa shape index (κ3) is 2.82. The highest BCUT2D eigenvalue weighted by molar-refractivity contribution is 6.01. The van der Waals surface area contributed by atoms with Crippen LogP contribution in [0.2, 0.25) is 0 Å². The minimum Gasteiger partial charge on any atom is -0.384 e. The van der Waals surface area contributed by atoms with Crippen LogP contribution in [0.1, 0.15) is 28.4 Å². The van der Waals surface area contributed by atoms with E-state index < -0.39 is 11.2 Å². The second kappa shape index (κ2) is 6.59. The third-order valence-electron chi connectivity index (χ3n) is 5.91. The Hall–Kier alpha value is -2.94. The van der Waals surface area contributed by atoms with Crippen molar-refractivity contribution in [2.45, 2.75) is 18.9 Å². The van der Waals surface area contributed by atoms with Gasteiger partial charge in [0.05, 0.1) is 6.54 Å². The van der Waals surface area contributed by atoms with Crippen LogP contribution in [0.25, 0.3) is 0 Å². The molecule has 2 bridgehead atoms. The Balaban J connectivity index is 1.61. The summed E-state index contributed by atoms with van der Waals surface area (Å²) in [5, 5.41) is 0. The molecule has 1 fully saturated rings. The predicted molar refractivity (Wildman–Crippen MR) is 104 cm³/mol. The molecule has 9 heteroatoms. The second-order valence-corrected chi connectivity index (χ2v) is 7.78. The Bertz CT molecular complexity index is 1140. The van der Waals surface area contributed by atoms with E-state index in [1.54, 1.807) is 12.1 Å². The van der Waals surface area contributed by atoms with Crippen LogP contribution in [0, 0.1) is 5.92 Å². The number of nitrogens with zero attached hydrogens (tertiary/aromatic N) is 4. The van der Waals surface area contributed by atoms with Crippen LogP contribution >= 0.6 is 0 Å². The normalized spacial score (nSPS) is 21.4. The summed E-state index contributed by atoms with van der Waals surface area (Å²) in [4.78, 5) is 51.4. The van der Waals surface area contributed by atoms with Crippen molar-refractivity contribution in [3.05, 3.63) is 60.6 Å². The van der Waals surface area contributed by atoms with E-state index in [1.807, 2.05) is 15.5 Å². The van der Waals surface area contributed by atoms with E-state index in [-0.39, 0.29) is 41.1 Å². The molecular weight excluding hydrogens is 362 g/mol. The molecule has 0 spiro atoms. The highest BCUT2D eigenvalue weighted by Crippen LogP contribution is 2.34. The van der Waals surface area contributed by atoms with Gasteiger partial charge in [-0.1, -0.05) is 6.07 Å². The number of rotatable bonds is 3. The van der Waals surface area contributed by atoms with Crippen molar-refractivity contribution in [2.24, 2.45) is 20.0 Å². The van der Waals surface area contributed by atoms with Crippen molar-refractivity contribution >= 4 is 11.6 Å². The Morgan fingerprint density at radius 1 is 1.11 bits per heavy atom. The number of hydrogen-bond acceptors (Lipinski definition) is 6. The van der Waals surface area contributed by atoms with Gasteiger partial charge >= 0.3 is 5.69 Å². The van der Waals surface area contributed by atoms with Gasteiger partial charge in [0, 0.05) is 51.4 Å². The average molecular weight is 385 g/mol. The fourth-order valence-corrected chi connectivity index (χ4v) is 4.53. The maximum atomic E-state index is 12.9. The molecule has 1 saturated heterocycles. The van der Waals surface area contributed by atoms with E-state index in [0.717, 1.165) is 21.2 Å². The summed E-state index contributed by atoms with van der Waals surface area (Å²) in [6.45, 7) is 2.01. The van der Waals surface area contributed by atoms with E-state index >= 15 is 0 Å². The summed E-state index contributed by atoms with van der Waals surface area (Å²) in [7, 11) is 2.77. The monoisotopic (exact) mass is 385 g/mol. The summed E-state index contributed by atoms with van der Waals surface area (Å²) >= 11 is 0. The Labute approximate surface area is 160 Å². The molecule has 2 atom stereocenters. The number of fused-ring (bicyclic) bond motifs is 4. The number of carbonyl (C=O) groups is 1. The maximum absolute atomic E-state index is 12.9. The van der Waals surface area contributed by atoms with E-state index in [1.165, 1.54) is 14.1 Å². The number of likely N-dealkylation sites (tertiary alicyclic amines) is 1. The summed E-state index contributed by atoms with van der Waals surface area (Å²) < 4.78 is 3.85. The van der Waals surface area contributed by atoms with Crippen LogP contribution in [-0.2, 0) is 20.6 Å². The molecule has 2 aromatic heterocycles. The first-order valence-electron chi connectivity index (χ1n) is 9.28. The summed E-state index contributed by atoms with van der Waals surface area (Å²) in [5.41, 5.74) is 5.54. The van der Waals surface area contributed by atoms with Crippen LogP contribution in [0.15, 0.2) is 32.6 Å². The van der Waals surface area contributed by atoms with Crippen molar-refractivity contribution in [1.82, 2.24) is 18.6 Å². The molecule has 2 unspecified atom stereocenters. The van der Waals surface area contributed by atoms with Gasteiger partial charge in [-0.3, -0.25) is 28.4 Å². The minimum absolute atomic E-state index is 0.0122. The molecule has 2 aromatic rings. The second-order valence-electron chi connectivity index (χ2n) is 7.78. The average Bonchev–Trinajstić information content (AvgIpc) is 2.66. The number of hydrogen-bond donors (Lipinski definition) is 1. The first-order valence-corrected chi connectivity index (χ1v) is 9.28. The lowest BCUT2D eigenvalue weighted by molar-refractivity contribution is 0.0816. The number of anilines is 1. The van der Waals surface area contributed by atoms with Gasteiger partial charge in [-0.2, -0.15) is 0 Å². The summed E-state index contributed by atoms with van der Waals surface area (Å²) in [6, 6.07) is 5.31. The largest absolute Gasteiger partial charge is 0.384 e. The molecule has 4 rings (SSSR count). The van der Waals surface area contributed by atoms with Crippen LogP contribution in [-0.4, -0.2) is 44.0 Å². The smallest absolute Gasteiger partial charge is 0.332 e. The molecule has 0 saturated carbocycles. The molecule has 0 radical (unpaired) electrons. The number of piperidine rings is 1. The van der Waals surface area contributed by atoms with Gasteiger partial charge in [0.25, 0.3) is 11.1 Å². The first-order chi connectivity index (χ1) is 13.3. The first kappa shape index (κ1) is 18.4. The van der Waals surface area contributed by atoms with Gasteiger partial charge in [0.2, 0.25) is 0 Å². The lowest BCUT2D eigenvalue weighted by atomic mass is 9.83. The fourth-order valence-electron chi connectivity index (χ4n) is 4.53. The number of nitrogen functional groups attached to an aromatic ring is 1.